The van der Waals surface area contributed by atoms with Gasteiger partial charge in [0.1, 0.15) is 0 Å². The molecule has 0 saturated carbocycles. The maximum atomic E-state index is 12.0. The first kappa shape index (κ1) is 14.6. The highest BCUT2D eigenvalue weighted by atomic mass is 32.2. The Kier molecular flexibility index (Phi) is 4.39. The van der Waals surface area contributed by atoms with E-state index in [4.69, 9.17) is 0 Å². The predicted octanol–water partition coefficient (Wildman–Crippen LogP) is 3.25. The fourth-order valence-corrected chi connectivity index (χ4v) is 2.76. The van der Waals surface area contributed by atoms with Crippen molar-refractivity contribution >= 4 is 34.5 Å². The molecule has 2 aromatic heterocycles. The number of H-pyrrole nitrogens is 1. The van der Waals surface area contributed by atoms with Crippen LogP contribution in [0.25, 0.3) is 11.2 Å². The highest BCUT2D eigenvalue weighted by molar-refractivity contribution is 7.99. The molecule has 3 rings (SSSR count). The minimum absolute atomic E-state index is 0.0494. The number of pyridine rings is 1. The molecule has 0 aliphatic heterocycles. The molecule has 0 aliphatic rings. The number of thioether (sulfide) groups is 1. The van der Waals surface area contributed by atoms with Gasteiger partial charge >= 0.3 is 0 Å². The monoisotopic (exact) mass is 312 g/mol. The van der Waals surface area contributed by atoms with E-state index in [-0.39, 0.29) is 5.91 Å². The number of fused-ring (bicyclic) bond motifs is 1. The number of nitrogens with one attached hydrogen (secondary N) is 2. The van der Waals surface area contributed by atoms with Crippen LogP contribution in [0.3, 0.4) is 0 Å². The molecule has 1 aromatic carbocycles. The third kappa shape index (κ3) is 3.46. The van der Waals surface area contributed by atoms with Crippen LogP contribution in [0.5, 0.6) is 0 Å². The van der Waals surface area contributed by atoms with Gasteiger partial charge < -0.3 is 10.3 Å². The van der Waals surface area contributed by atoms with Crippen LogP contribution in [0.15, 0.2) is 47.8 Å². The van der Waals surface area contributed by atoms with E-state index in [1.54, 1.807) is 6.20 Å². The summed E-state index contributed by atoms with van der Waals surface area (Å²) in [4.78, 5) is 23.6. The second-order valence-electron chi connectivity index (χ2n) is 4.81. The Labute approximate surface area is 132 Å². The molecule has 2 heterocycles. The summed E-state index contributed by atoms with van der Waals surface area (Å²) >= 11 is 1.36. The number of rotatable bonds is 5. The fraction of sp³-hybridized carbons (Fsp3) is 0.188. The second kappa shape index (κ2) is 6.62. The van der Waals surface area contributed by atoms with Crippen molar-refractivity contribution in [1.29, 1.82) is 0 Å². The number of aromatic amines is 1. The maximum Gasteiger partial charge on any atom is 0.234 e. The van der Waals surface area contributed by atoms with E-state index >= 15 is 0 Å². The zero-order chi connectivity index (χ0) is 15.4. The molecule has 0 aliphatic carbocycles. The maximum absolute atomic E-state index is 12.0. The number of benzene rings is 1. The number of anilines is 1. The molecule has 22 heavy (non-hydrogen) atoms. The van der Waals surface area contributed by atoms with Crippen LogP contribution in [0, 0.1) is 0 Å². The summed E-state index contributed by atoms with van der Waals surface area (Å²) in [5, 5.41) is 3.60. The largest absolute Gasteiger partial charge is 0.332 e. The number of aryl methyl sites for hydroxylation is 1. The summed E-state index contributed by atoms with van der Waals surface area (Å²) in [6.07, 6.45) is 2.65. The first-order valence-electron chi connectivity index (χ1n) is 7.07. The standard InChI is InChI=1S/C16H16N4OS/c1-2-11-5-3-6-12(9-11)18-14(21)10-22-16-19-13-7-4-8-17-15(13)20-16/h3-9H,2,10H2,1H3,(H,18,21)(H,17,19,20). The first-order valence-corrected chi connectivity index (χ1v) is 8.05. The molecule has 5 nitrogen and oxygen atoms in total. The van der Waals surface area contributed by atoms with Crippen molar-refractivity contribution < 1.29 is 4.79 Å². The lowest BCUT2D eigenvalue weighted by Crippen LogP contribution is -2.14. The van der Waals surface area contributed by atoms with E-state index in [1.165, 1.54) is 17.3 Å². The van der Waals surface area contributed by atoms with Crippen molar-refractivity contribution in [3.63, 3.8) is 0 Å². The van der Waals surface area contributed by atoms with Gasteiger partial charge in [0.2, 0.25) is 5.91 Å². The molecule has 6 heteroatoms. The summed E-state index contributed by atoms with van der Waals surface area (Å²) < 4.78 is 0. The first-order chi connectivity index (χ1) is 10.7. The Hall–Kier alpha value is -2.34. The lowest BCUT2D eigenvalue weighted by atomic mass is 10.1. The SMILES string of the molecule is CCc1cccc(NC(=O)CSc2nc3ncccc3[nH]2)c1. The van der Waals surface area contributed by atoms with Crippen molar-refractivity contribution in [3.05, 3.63) is 48.2 Å². The molecule has 0 spiro atoms. The van der Waals surface area contributed by atoms with E-state index in [0.29, 0.717) is 16.6 Å². The van der Waals surface area contributed by atoms with E-state index < -0.39 is 0 Å². The van der Waals surface area contributed by atoms with Crippen molar-refractivity contribution in [2.45, 2.75) is 18.5 Å². The minimum Gasteiger partial charge on any atom is -0.332 e. The van der Waals surface area contributed by atoms with Gasteiger partial charge in [-0.3, -0.25) is 4.79 Å². The van der Waals surface area contributed by atoms with Gasteiger partial charge in [0, 0.05) is 11.9 Å². The number of imidazole rings is 1. The van der Waals surface area contributed by atoms with E-state index in [9.17, 15) is 4.79 Å². The lowest BCUT2D eigenvalue weighted by molar-refractivity contribution is -0.113. The number of hydrogen-bond acceptors (Lipinski definition) is 4. The molecule has 0 bridgehead atoms. The Morgan fingerprint density at radius 2 is 2.23 bits per heavy atom. The Bertz CT molecular complexity index is 766. The van der Waals surface area contributed by atoms with Gasteiger partial charge in [-0.05, 0) is 36.2 Å². The van der Waals surface area contributed by atoms with Crippen LogP contribution in [-0.2, 0) is 11.2 Å². The number of carbonyl (C=O) groups excluding carboxylic acids is 1. The number of aromatic nitrogens is 3. The van der Waals surface area contributed by atoms with Crippen LogP contribution in [0.4, 0.5) is 5.69 Å². The number of amides is 1. The zero-order valence-corrected chi connectivity index (χ0v) is 13.0. The van der Waals surface area contributed by atoms with Gasteiger partial charge in [-0.15, -0.1) is 0 Å². The fourth-order valence-electron chi connectivity index (χ4n) is 2.09. The molecule has 112 valence electrons. The predicted molar refractivity (Wildman–Crippen MR) is 89.1 cm³/mol. The molecule has 2 N–H and O–H groups in total. The molecule has 0 fully saturated rings. The Morgan fingerprint density at radius 1 is 1.32 bits per heavy atom. The second-order valence-corrected chi connectivity index (χ2v) is 5.77. The van der Waals surface area contributed by atoms with Gasteiger partial charge in [-0.25, -0.2) is 9.97 Å². The van der Waals surface area contributed by atoms with Gasteiger partial charge in [-0.2, -0.15) is 0 Å². The van der Waals surface area contributed by atoms with Crippen LogP contribution < -0.4 is 5.32 Å². The molecule has 0 atom stereocenters. The molecule has 3 aromatic rings. The lowest BCUT2D eigenvalue weighted by Gasteiger charge is -2.05. The normalized spacial score (nSPS) is 10.8. The number of hydrogen-bond donors (Lipinski definition) is 2. The van der Waals surface area contributed by atoms with E-state index in [0.717, 1.165) is 17.6 Å². The van der Waals surface area contributed by atoms with Crippen molar-refractivity contribution in [1.82, 2.24) is 15.0 Å². The average Bonchev–Trinajstić information content (AvgIpc) is 2.96. The minimum atomic E-state index is -0.0494. The average molecular weight is 312 g/mol. The topological polar surface area (TPSA) is 70.7 Å². The third-order valence-corrected chi connectivity index (χ3v) is 4.07. The van der Waals surface area contributed by atoms with Gasteiger partial charge in [0.25, 0.3) is 0 Å². The summed E-state index contributed by atoms with van der Waals surface area (Å²) in [6.45, 7) is 2.09. The summed E-state index contributed by atoms with van der Waals surface area (Å²) in [5.41, 5.74) is 3.58. The molecular formula is C16H16N4OS. The van der Waals surface area contributed by atoms with Crippen LogP contribution in [0.2, 0.25) is 0 Å². The molecule has 1 amide bonds. The van der Waals surface area contributed by atoms with Crippen LogP contribution in [0.1, 0.15) is 12.5 Å². The molecular weight excluding hydrogens is 296 g/mol. The third-order valence-electron chi connectivity index (χ3n) is 3.19. The number of nitrogens with zero attached hydrogens (tertiary/aromatic N) is 2. The smallest absolute Gasteiger partial charge is 0.234 e. The quantitative estimate of drug-likeness (QED) is 0.709. The highest BCUT2D eigenvalue weighted by Crippen LogP contribution is 2.18. The summed E-state index contributed by atoms with van der Waals surface area (Å²) in [7, 11) is 0. The van der Waals surface area contributed by atoms with E-state index in [1.807, 2.05) is 36.4 Å². The van der Waals surface area contributed by atoms with E-state index in [2.05, 4.69) is 27.2 Å². The van der Waals surface area contributed by atoms with Gasteiger partial charge in [0.15, 0.2) is 10.8 Å². The van der Waals surface area contributed by atoms with Crippen molar-refractivity contribution in [2.75, 3.05) is 11.1 Å². The van der Waals surface area contributed by atoms with Crippen LogP contribution in [-0.4, -0.2) is 26.6 Å². The number of carbonyl (C=O) groups is 1. The summed E-state index contributed by atoms with van der Waals surface area (Å²) in [5.74, 6) is 0.252. The summed E-state index contributed by atoms with van der Waals surface area (Å²) in [6, 6.07) is 11.6. The highest BCUT2D eigenvalue weighted by Gasteiger charge is 2.08. The zero-order valence-electron chi connectivity index (χ0n) is 12.2. The van der Waals surface area contributed by atoms with Crippen molar-refractivity contribution in [3.8, 4) is 0 Å². The molecule has 0 unspecified atom stereocenters. The molecule has 0 saturated heterocycles. The Morgan fingerprint density at radius 3 is 3.05 bits per heavy atom. The van der Waals surface area contributed by atoms with Gasteiger partial charge in [-0.1, -0.05) is 30.8 Å². The van der Waals surface area contributed by atoms with Crippen molar-refractivity contribution in [2.24, 2.45) is 0 Å². The van der Waals surface area contributed by atoms with Crippen LogP contribution >= 0.6 is 11.8 Å². The van der Waals surface area contributed by atoms with Gasteiger partial charge in [0.05, 0.1) is 11.3 Å². The molecule has 0 radical (unpaired) electrons. The Balaban J connectivity index is 1.59.